The zero-order valence-corrected chi connectivity index (χ0v) is 11.2. The van der Waals surface area contributed by atoms with E-state index in [-0.39, 0.29) is 5.91 Å². The lowest BCUT2D eigenvalue weighted by Gasteiger charge is -2.29. The molecule has 0 aliphatic carbocycles. The topological polar surface area (TPSA) is 29.5 Å². The van der Waals surface area contributed by atoms with Gasteiger partial charge in [-0.2, -0.15) is 0 Å². The molecule has 5 heteroatoms. The van der Waals surface area contributed by atoms with Gasteiger partial charge in [0.2, 0.25) is 0 Å². The number of hydrogen-bond donors (Lipinski definition) is 0. The van der Waals surface area contributed by atoms with Crippen molar-refractivity contribution in [2.24, 2.45) is 5.41 Å². The van der Waals surface area contributed by atoms with E-state index in [0.717, 1.165) is 6.07 Å². The molecular formula is C14H17F2NO2. The molecule has 0 aromatic heterocycles. The second-order valence-electron chi connectivity index (χ2n) is 5.72. The van der Waals surface area contributed by atoms with E-state index >= 15 is 0 Å². The predicted molar refractivity (Wildman–Crippen MR) is 66.0 cm³/mol. The Kier molecular flexibility index (Phi) is 3.58. The third-order valence-corrected chi connectivity index (χ3v) is 3.02. The van der Waals surface area contributed by atoms with Gasteiger partial charge in [-0.05, 0) is 17.7 Å². The van der Waals surface area contributed by atoms with Crippen molar-refractivity contribution in [1.82, 2.24) is 5.06 Å². The summed E-state index contributed by atoms with van der Waals surface area (Å²) in [4.78, 5) is 17.6. The Labute approximate surface area is 111 Å². The Morgan fingerprint density at radius 3 is 2.37 bits per heavy atom. The quantitative estimate of drug-likeness (QED) is 0.783. The molecule has 3 nitrogen and oxygen atoms in total. The lowest BCUT2D eigenvalue weighted by atomic mass is 9.94. The van der Waals surface area contributed by atoms with Crippen LogP contribution in [-0.4, -0.2) is 17.6 Å². The zero-order chi connectivity index (χ0) is 14.2. The van der Waals surface area contributed by atoms with Gasteiger partial charge in [0.25, 0.3) is 5.91 Å². The van der Waals surface area contributed by atoms with E-state index < -0.39 is 23.1 Å². The molecule has 104 valence electrons. The lowest BCUT2D eigenvalue weighted by molar-refractivity contribution is -0.186. The van der Waals surface area contributed by atoms with Gasteiger partial charge in [0, 0.05) is 17.9 Å². The Hall–Kier alpha value is -1.49. The van der Waals surface area contributed by atoms with Crippen LogP contribution < -0.4 is 0 Å². The molecule has 1 aromatic rings. The molecule has 0 unspecified atom stereocenters. The molecule has 1 aromatic carbocycles. The minimum Gasteiger partial charge on any atom is -0.272 e. The standard InChI is InChI=1S/C14H17F2NO2/c1-14(2,3)13(18)17-12(4-5-19-17)9-6-10(15)8-11(16)7-9/h6-8,12H,4-5H2,1-3H3/t12-/m0/s1. The molecule has 1 aliphatic heterocycles. The Morgan fingerprint density at radius 2 is 1.84 bits per heavy atom. The third kappa shape index (κ3) is 2.92. The van der Waals surface area contributed by atoms with Crippen molar-refractivity contribution in [2.75, 3.05) is 6.61 Å². The minimum absolute atomic E-state index is 0.195. The molecule has 1 aliphatic rings. The smallest absolute Gasteiger partial charge is 0.252 e. The molecular weight excluding hydrogens is 252 g/mol. The van der Waals surface area contributed by atoms with Crippen LogP contribution in [0.25, 0.3) is 0 Å². The van der Waals surface area contributed by atoms with Crippen LogP contribution in [0, 0.1) is 17.0 Å². The first-order valence-electron chi connectivity index (χ1n) is 6.21. The highest BCUT2D eigenvalue weighted by Gasteiger charge is 2.37. The molecule has 1 heterocycles. The summed E-state index contributed by atoms with van der Waals surface area (Å²) in [6, 6.07) is 2.86. The number of benzene rings is 1. The largest absolute Gasteiger partial charge is 0.272 e. The van der Waals surface area contributed by atoms with Gasteiger partial charge in [0.15, 0.2) is 0 Å². The molecule has 0 N–H and O–H groups in total. The van der Waals surface area contributed by atoms with Crippen molar-refractivity contribution < 1.29 is 18.4 Å². The first-order chi connectivity index (χ1) is 8.79. The van der Waals surface area contributed by atoms with E-state index in [0.29, 0.717) is 18.6 Å². The van der Waals surface area contributed by atoms with Gasteiger partial charge >= 0.3 is 0 Å². The maximum absolute atomic E-state index is 13.3. The van der Waals surface area contributed by atoms with Gasteiger partial charge in [-0.25, -0.2) is 13.8 Å². The fourth-order valence-corrected chi connectivity index (χ4v) is 2.07. The maximum atomic E-state index is 13.3. The summed E-state index contributed by atoms with van der Waals surface area (Å²) < 4.78 is 26.5. The lowest BCUT2D eigenvalue weighted by Crippen LogP contribution is -2.38. The minimum atomic E-state index is -0.648. The van der Waals surface area contributed by atoms with Crippen LogP contribution in [0.2, 0.25) is 0 Å². The fourth-order valence-electron chi connectivity index (χ4n) is 2.07. The first-order valence-corrected chi connectivity index (χ1v) is 6.21. The van der Waals surface area contributed by atoms with Crippen LogP contribution in [0.5, 0.6) is 0 Å². The van der Waals surface area contributed by atoms with E-state index in [2.05, 4.69) is 0 Å². The van der Waals surface area contributed by atoms with Crippen LogP contribution in [0.15, 0.2) is 18.2 Å². The van der Waals surface area contributed by atoms with E-state index in [1.54, 1.807) is 20.8 Å². The van der Waals surface area contributed by atoms with Crippen LogP contribution in [-0.2, 0) is 9.63 Å². The average molecular weight is 269 g/mol. The van der Waals surface area contributed by atoms with Crippen LogP contribution in [0.4, 0.5) is 8.78 Å². The highest BCUT2D eigenvalue weighted by molar-refractivity contribution is 5.81. The highest BCUT2D eigenvalue weighted by Crippen LogP contribution is 2.34. The maximum Gasteiger partial charge on any atom is 0.252 e. The normalized spacial score (nSPS) is 19.8. The number of hydroxylamine groups is 2. The second kappa shape index (κ2) is 4.89. The molecule has 0 spiro atoms. The van der Waals surface area contributed by atoms with Gasteiger partial charge in [-0.3, -0.25) is 9.63 Å². The Balaban J connectivity index is 2.31. The van der Waals surface area contributed by atoms with Crippen molar-refractivity contribution >= 4 is 5.91 Å². The summed E-state index contributed by atoms with van der Waals surface area (Å²) >= 11 is 0. The van der Waals surface area contributed by atoms with Gasteiger partial charge < -0.3 is 0 Å². The first kappa shape index (κ1) is 13.9. The Morgan fingerprint density at radius 1 is 1.26 bits per heavy atom. The van der Waals surface area contributed by atoms with E-state index in [4.69, 9.17) is 4.84 Å². The number of rotatable bonds is 1. The summed E-state index contributed by atoms with van der Waals surface area (Å²) in [6.45, 7) is 5.70. The monoisotopic (exact) mass is 269 g/mol. The van der Waals surface area contributed by atoms with Gasteiger partial charge in [0.1, 0.15) is 11.6 Å². The average Bonchev–Trinajstić information content (AvgIpc) is 2.73. The van der Waals surface area contributed by atoms with Crippen LogP contribution in [0.1, 0.15) is 38.8 Å². The summed E-state index contributed by atoms with van der Waals surface area (Å²) in [6.07, 6.45) is 0.532. The number of carbonyl (C=O) groups is 1. The van der Waals surface area contributed by atoms with E-state index in [1.807, 2.05) is 0 Å². The molecule has 0 bridgehead atoms. The van der Waals surface area contributed by atoms with Gasteiger partial charge in [-0.15, -0.1) is 0 Å². The van der Waals surface area contributed by atoms with Crippen LogP contribution >= 0.6 is 0 Å². The van der Waals surface area contributed by atoms with Gasteiger partial charge in [-0.1, -0.05) is 20.8 Å². The fraction of sp³-hybridized carbons (Fsp3) is 0.500. The van der Waals surface area contributed by atoms with Crippen LogP contribution in [0.3, 0.4) is 0 Å². The molecule has 1 saturated heterocycles. The highest BCUT2D eigenvalue weighted by atomic mass is 19.1. The summed E-state index contributed by atoms with van der Waals surface area (Å²) in [5.74, 6) is -1.49. The molecule has 0 radical (unpaired) electrons. The number of carbonyl (C=O) groups excluding carboxylic acids is 1. The number of amides is 1. The van der Waals surface area contributed by atoms with Crippen molar-refractivity contribution in [1.29, 1.82) is 0 Å². The summed E-state index contributed by atoms with van der Waals surface area (Å²) in [5, 5.41) is 1.24. The molecule has 19 heavy (non-hydrogen) atoms. The number of nitrogens with zero attached hydrogens (tertiary/aromatic N) is 1. The summed E-state index contributed by atoms with van der Waals surface area (Å²) in [5.41, 5.74) is -0.179. The SMILES string of the molecule is CC(C)(C)C(=O)N1OCC[C@H]1c1cc(F)cc(F)c1. The molecule has 1 atom stereocenters. The summed E-state index contributed by atoms with van der Waals surface area (Å²) in [7, 11) is 0. The number of hydrogen-bond acceptors (Lipinski definition) is 2. The molecule has 0 saturated carbocycles. The molecule has 2 rings (SSSR count). The van der Waals surface area contributed by atoms with Crippen molar-refractivity contribution in [2.45, 2.75) is 33.2 Å². The van der Waals surface area contributed by atoms with Gasteiger partial charge in [0.05, 0.1) is 12.6 Å². The van der Waals surface area contributed by atoms with Crippen molar-refractivity contribution in [3.8, 4) is 0 Å². The second-order valence-corrected chi connectivity index (χ2v) is 5.72. The van der Waals surface area contributed by atoms with E-state index in [9.17, 15) is 13.6 Å². The Bertz CT molecular complexity index is 476. The molecule has 1 amide bonds. The predicted octanol–water partition coefficient (Wildman–Crippen LogP) is 3.22. The van der Waals surface area contributed by atoms with Crippen molar-refractivity contribution in [3.05, 3.63) is 35.4 Å². The molecule has 1 fully saturated rings. The van der Waals surface area contributed by atoms with E-state index in [1.165, 1.54) is 17.2 Å². The zero-order valence-electron chi connectivity index (χ0n) is 11.2. The number of halogens is 2. The third-order valence-electron chi connectivity index (χ3n) is 3.02. The van der Waals surface area contributed by atoms with Crippen molar-refractivity contribution in [3.63, 3.8) is 0 Å².